The highest BCUT2D eigenvalue weighted by atomic mass is 79.9. The zero-order valence-corrected chi connectivity index (χ0v) is 12.3. The second kappa shape index (κ2) is 5.77. The molecule has 19 heavy (non-hydrogen) atoms. The lowest BCUT2D eigenvalue weighted by molar-refractivity contribution is 0.0696. The SMILES string of the molecule is O=C(O)c1cncc(Oc2cc(Cl)c(Br)cc2Cl)c1. The molecule has 0 aliphatic carbocycles. The first-order valence-electron chi connectivity index (χ1n) is 4.98. The van der Waals surface area contributed by atoms with Crippen LogP contribution in [0.25, 0.3) is 0 Å². The Hall–Kier alpha value is -1.30. The van der Waals surface area contributed by atoms with Crippen LogP contribution in [0.5, 0.6) is 11.5 Å². The van der Waals surface area contributed by atoms with Crippen LogP contribution < -0.4 is 4.74 Å². The highest BCUT2D eigenvalue weighted by Gasteiger charge is 2.10. The average molecular weight is 363 g/mol. The molecule has 2 aromatic rings. The third-order valence-corrected chi connectivity index (χ3v) is 3.66. The van der Waals surface area contributed by atoms with Crippen molar-refractivity contribution in [1.29, 1.82) is 0 Å². The number of rotatable bonds is 3. The van der Waals surface area contributed by atoms with E-state index < -0.39 is 5.97 Å². The normalized spacial score (nSPS) is 10.3. The van der Waals surface area contributed by atoms with Crippen molar-refractivity contribution in [1.82, 2.24) is 4.98 Å². The Balaban J connectivity index is 2.33. The number of ether oxygens (including phenoxy) is 1. The Morgan fingerprint density at radius 2 is 1.95 bits per heavy atom. The summed E-state index contributed by atoms with van der Waals surface area (Å²) in [5.74, 6) is -0.503. The number of benzene rings is 1. The molecule has 1 N–H and O–H groups in total. The lowest BCUT2D eigenvalue weighted by atomic mass is 10.3. The van der Waals surface area contributed by atoms with Gasteiger partial charge in [-0.1, -0.05) is 23.2 Å². The number of hydrogen-bond donors (Lipinski definition) is 1. The summed E-state index contributed by atoms with van der Waals surface area (Å²) < 4.78 is 6.12. The quantitative estimate of drug-likeness (QED) is 0.808. The van der Waals surface area contributed by atoms with E-state index in [1.807, 2.05) is 0 Å². The smallest absolute Gasteiger partial charge is 0.337 e. The predicted octanol–water partition coefficient (Wildman–Crippen LogP) is 4.64. The summed E-state index contributed by atoms with van der Waals surface area (Å²) in [6.07, 6.45) is 2.62. The lowest BCUT2D eigenvalue weighted by Gasteiger charge is -2.09. The molecule has 0 saturated carbocycles. The summed E-state index contributed by atoms with van der Waals surface area (Å²) in [5.41, 5.74) is 0.0248. The standard InChI is InChI=1S/C12H6BrCl2NO3/c13-8-2-10(15)11(3-9(8)14)19-7-1-6(12(17)18)4-16-5-7/h1-5H,(H,17,18). The minimum absolute atomic E-state index is 0.0248. The molecule has 1 aromatic carbocycles. The zero-order chi connectivity index (χ0) is 14.0. The maximum atomic E-state index is 10.8. The number of carboxylic acids is 1. The molecule has 0 bridgehead atoms. The van der Waals surface area contributed by atoms with Gasteiger partial charge in [0.05, 0.1) is 21.8 Å². The first kappa shape index (κ1) is 14.1. The fourth-order valence-electron chi connectivity index (χ4n) is 1.30. The summed E-state index contributed by atoms with van der Waals surface area (Å²) in [6, 6.07) is 4.47. The highest BCUT2D eigenvalue weighted by Crippen LogP contribution is 2.36. The largest absolute Gasteiger partial charge is 0.478 e. The third-order valence-electron chi connectivity index (χ3n) is 2.16. The van der Waals surface area contributed by atoms with Gasteiger partial charge in [0.25, 0.3) is 0 Å². The van der Waals surface area contributed by atoms with Gasteiger partial charge in [-0.3, -0.25) is 4.98 Å². The van der Waals surface area contributed by atoms with Crippen molar-refractivity contribution in [3.63, 3.8) is 0 Å². The van der Waals surface area contributed by atoms with E-state index in [1.165, 1.54) is 24.5 Å². The molecule has 0 aliphatic heterocycles. The summed E-state index contributed by atoms with van der Waals surface area (Å²) in [4.78, 5) is 14.6. The predicted molar refractivity (Wildman–Crippen MR) is 75.4 cm³/mol. The minimum Gasteiger partial charge on any atom is -0.478 e. The molecule has 0 saturated heterocycles. The van der Waals surface area contributed by atoms with E-state index in [-0.39, 0.29) is 11.3 Å². The molecule has 2 rings (SSSR count). The van der Waals surface area contributed by atoms with Gasteiger partial charge in [0.15, 0.2) is 0 Å². The van der Waals surface area contributed by atoms with Gasteiger partial charge in [-0.25, -0.2) is 4.79 Å². The minimum atomic E-state index is -1.09. The topological polar surface area (TPSA) is 59.4 Å². The van der Waals surface area contributed by atoms with Gasteiger partial charge >= 0.3 is 5.97 Å². The number of aromatic nitrogens is 1. The number of hydrogen-bond acceptors (Lipinski definition) is 3. The van der Waals surface area contributed by atoms with Crippen molar-refractivity contribution in [2.24, 2.45) is 0 Å². The Kier molecular flexibility index (Phi) is 4.29. The summed E-state index contributed by atoms with van der Waals surface area (Å²) >= 11 is 15.2. The number of halogens is 3. The monoisotopic (exact) mass is 361 g/mol. The Bertz CT molecular complexity index is 649. The van der Waals surface area contributed by atoms with E-state index in [2.05, 4.69) is 20.9 Å². The molecule has 0 spiro atoms. The second-order valence-electron chi connectivity index (χ2n) is 3.51. The van der Waals surface area contributed by atoms with Crippen LogP contribution in [0.4, 0.5) is 0 Å². The van der Waals surface area contributed by atoms with Crippen molar-refractivity contribution < 1.29 is 14.6 Å². The maximum Gasteiger partial charge on any atom is 0.337 e. The molecule has 7 heteroatoms. The van der Waals surface area contributed by atoms with E-state index in [1.54, 1.807) is 6.07 Å². The number of carboxylic acid groups (broad SMARTS) is 1. The van der Waals surface area contributed by atoms with Crippen LogP contribution >= 0.6 is 39.1 Å². The first-order chi connectivity index (χ1) is 8.97. The Labute approximate surface area is 127 Å². The molecule has 0 radical (unpaired) electrons. The molecule has 0 atom stereocenters. The summed E-state index contributed by atoms with van der Waals surface area (Å²) in [5, 5.41) is 9.64. The van der Waals surface area contributed by atoms with Crippen LogP contribution in [0.15, 0.2) is 35.1 Å². The molecule has 98 valence electrons. The van der Waals surface area contributed by atoms with Crippen molar-refractivity contribution in [2.45, 2.75) is 0 Å². The molecular weight excluding hydrogens is 357 g/mol. The summed E-state index contributed by atoms with van der Waals surface area (Å²) in [6.45, 7) is 0. The van der Waals surface area contributed by atoms with Crippen LogP contribution in [0.1, 0.15) is 10.4 Å². The highest BCUT2D eigenvalue weighted by molar-refractivity contribution is 9.10. The fourth-order valence-corrected chi connectivity index (χ4v) is 2.13. The second-order valence-corrected chi connectivity index (χ2v) is 5.18. The van der Waals surface area contributed by atoms with E-state index in [9.17, 15) is 4.79 Å². The van der Waals surface area contributed by atoms with Crippen molar-refractivity contribution in [3.05, 3.63) is 50.7 Å². The molecule has 0 unspecified atom stereocenters. The van der Waals surface area contributed by atoms with Gasteiger partial charge in [-0.2, -0.15) is 0 Å². The molecule has 0 fully saturated rings. The molecule has 0 amide bonds. The van der Waals surface area contributed by atoms with E-state index in [4.69, 9.17) is 33.0 Å². The van der Waals surface area contributed by atoms with Crippen molar-refractivity contribution in [3.8, 4) is 11.5 Å². The van der Waals surface area contributed by atoms with Gasteiger partial charge in [0.1, 0.15) is 11.5 Å². The van der Waals surface area contributed by atoms with Crippen LogP contribution in [0.2, 0.25) is 10.0 Å². The van der Waals surface area contributed by atoms with E-state index in [0.717, 1.165) is 0 Å². The molecule has 4 nitrogen and oxygen atoms in total. The number of aromatic carboxylic acids is 1. The van der Waals surface area contributed by atoms with Crippen LogP contribution in [-0.2, 0) is 0 Å². The van der Waals surface area contributed by atoms with Gasteiger partial charge in [-0.05, 0) is 28.1 Å². The number of pyridine rings is 1. The molecule has 1 heterocycles. The lowest BCUT2D eigenvalue weighted by Crippen LogP contribution is -1.97. The van der Waals surface area contributed by atoms with Crippen molar-refractivity contribution >= 4 is 45.1 Å². The van der Waals surface area contributed by atoms with E-state index in [0.29, 0.717) is 20.3 Å². The average Bonchev–Trinajstić information content (AvgIpc) is 2.36. The maximum absolute atomic E-state index is 10.8. The van der Waals surface area contributed by atoms with Gasteiger partial charge in [0, 0.05) is 16.7 Å². The molecule has 0 aliphatic rings. The molecular formula is C12H6BrCl2NO3. The number of carbonyl (C=O) groups is 1. The third kappa shape index (κ3) is 3.37. The number of nitrogens with zero attached hydrogens (tertiary/aromatic N) is 1. The fraction of sp³-hybridized carbons (Fsp3) is 0. The van der Waals surface area contributed by atoms with E-state index >= 15 is 0 Å². The summed E-state index contributed by atoms with van der Waals surface area (Å²) in [7, 11) is 0. The van der Waals surface area contributed by atoms with Crippen molar-refractivity contribution in [2.75, 3.05) is 0 Å². The van der Waals surface area contributed by atoms with Crippen LogP contribution in [0.3, 0.4) is 0 Å². The zero-order valence-electron chi connectivity index (χ0n) is 9.23. The van der Waals surface area contributed by atoms with Crippen LogP contribution in [0, 0.1) is 0 Å². The van der Waals surface area contributed by atoms with Gasteiger partial charge < -0.3 is 9.84 Å². The first-order valence-corrected chi connectivity index (χ1v) is 6.53. The molecule has 1 aromatic heterocycles. The Morgan fingerprint density at radius 3 is 2.63 bits per heavy atom. The van der Waals surface area contributed by atoms with Crippen LogP contribution in [-0.4, -0.2) is 16.1 Å². The van der Waals surface area contributed by atoms with Gasteiger partial charge in [0.2, 0.25) is 0 Å². The Morgan fingerprint density at radius 1 is 1.21 bits per heavy atom. The van der Waals surface area contributed by atoms with Gasteiger partial charge in [-0.15, -0.1) is 0 Å².